The van der Waals surface area contributed by atoms with Gasteiger partial charge in [-0.25, -0.2) is 4.98 Å². The molecule has 1 aromatic heterocycles. The van der Waals surface area contributed by atoms with Crippen LogP contribution in [-0.2, 0) is 22.4 Å². The van der Waals surface area contributed by atoms with E-state index < -0.39 is 11.9 Å². The number of carbonyl (C=O) groups excluding carboxylic acids is 1. The van der Waals surface area contributed by atoms with E-state index in [2.05, 4.69) is 4.98 Å². The molecule has 3 aromatic rings. The van der Waals surface area contributed by atoms with E-state index in [9.17, 15) is 14.7 Å². The minimum absolute atomic E-state index is 0.000374. The number of aliphatic carboxylic acids is 1. The lowest BCUT2D eigenvalue weighted by Gasteiger charge is -2.11. The van der Waals surface area contributed by atoms with Crippen LogP contribution >= 0.6 is 11.3 Å². The summed E-state index contributed by atoms with van der Waals surface area (Å²) in [7, 11) is 1.62. The second kappa shape index (κ2) is 9.28. The summed E-state index contributed by atoms with van der Waals surface area (Å²) in [6.07, 6.45) is 0.487. The molecule has 0 saturated heterocycles. The quantitative estimate of drug-likeness (QED) is 0.586. The Morgan fingerprint density at radius 2 is 1.82 bits per heavy atom. The molecule has 0 aliphatic rings. The van der Waals surface area contributed by atoms with Gasteiger partial charge in [-0.3, -0.25) is 9.59 Å². The molecule has 0 bridgehead atoms. The Hall–Kier alpha value is -2.99. The Balaban J connectivity index is 1.62. The van der Waals surface area contributed by atoms with Gasteiger partial charge >= 0.3 is 5.97 Å². The fourth-order valence-corrected chi connectivity index (χ4v) is 3.77. The maximum atomic E-state index is 12.4. The molecule has 0 radical (unpaired) electrons. The van der Waals surface area contributed by atoms with Crippen molar-refractivity contribution < 1.29 is 19.4 Å². The third-order valence-corrected chi connectivity index (χ3v) is 5.36. The Bertz CT molecular complexity index is 935. The van der Waals surface area contributed by atoms with Gasteiger partial charge in [-0.05, 0) is 36.2 Å². The van der Waals surface area contributed by atoms with Crippen LogP contribution in [0, 0.1) is 5.92 Å². The molecule has 1 atom stereocenters. The highest BCUT2D eigenvalue weighted by Crippen LogP contribution is 2.26. The van der Waals surface area contributed by atoms with Crippen LogP contribution in [0.5, 0.6) is 5.75 Å². The number of hydrogen-bond donors (Lipinski definition) is 1. The second-order valence-electron chi connectivity index (χ2n) is 6.52. The SMILES string of the molecule is COc1ccc(-c2nc(CC(=O)C[C@@H](Cc3ccccc3)C(=O)O)cs2)cc1. The molecule has 0 aliphatic carbocycles. The summed E-state index contributed by atoms with van der Waals surface area (Å²) in [6.45, 7) is 0. The van der Waals surface area contributed by atoms with Crippen molar-refractivity contribution in [2.45, 2.75) is 19.3 Å². The number of carbonyl (C=O) groups is 2. The topological polar surface area (TPSA) is 76.5 Å². The molecule has 0 saturated carbocycles. The molecule has 1 heterocycles. The number of carboxylic acids is 1. The highest BCUT2D eigenvalue weighted by atomic mass is 32.1. The third-order valence-electron chi connectivity index (χ3n) is 4.42. The van der Waals surface area contributed by atoms with Gasteiger partial charge in [-0.15, -0.1) is 11.3 Å². The van der Waals surface area contributed by atoms with Crippen molar-refractivity contribution in [1.82, 2.24) is 4.98 Å². The predicted octanol–water partition coefficient (Wildman–Crippen LogP) is 4.26. The fraction of sp³-hybridized carbons (Fsp3) is 0.227. The molecule has 144 valence electrons. The number of benzene rings is 2. The average Bonchev–Trinajstić information content (AvgIpc) is 3.16. The molecule has 5 nitrogen and oxygen atoms in total. The minimum atomic E-state index is -0.950. The number of nitrogens with zero attached hydrogens (tertiary/aromatic N) is 1. The summed E-state index contributed by atoms with van der Waals surface area (Å²) < 4.78 is 5.15. The first-order valence-electron chi connectivity index (χ1n) is 8.92. The van der Waals surface area contributed by atoms with Gasteiger partial charge in [0.1, 0.15) is 16.5 Å². The van der Waals surface area contributed by atoms with Gasteiger partial charge in [-0.1, -0.05) is 30.3 Å². The normalized spacial score (nSPS) is 11.8. The Morgan fingerprint density at radius 1 is 1.11 bits per heavy atom. The number of carboxylic acid groups (broad SMARTS) is 1. The molecule has 0 aliphatic heterocycles. The van der Waals surface area contributed by atoms with Crippen molar-refractivity contribution >= 4 is 23.1 Å². The fourth-order valence-electron chi connectivity index (χ4n) is 2.95. The van der Waals surface area contributed by atoms with Crippen LogP contribution < -0.4 is 4.74 Å². The number of methoxy groups -OCH3 is 1. The molecule has 6 heteroatoms. The number of Topliss-reactive ketones (excluding diaryl/α,β-unsaturated/α-hetero) is 1. The molecular weight excluding hydrogens is 374 g/mol. The number of ketones is 1. The van der Waals surface area contributed by atoms with Crippen molar-refractivity contribution in [3.63, 3.8) is 0 Å². The van der Waals surface area contributed by atoms with E-state index in [1.807, 2.05) is 60.0 Å². The second-order valence-corrected chi connectivity index (χ2v) is 7.38. The summed E-state index contributed by atoms with van der Waals surface area (Å²) >= 11 is 1.47. The van der Waals surface area contributed by atoms with Gasteiger partial charge in [0.15, 0.2) is 0 Å². The largest absolute Gasteiger partial charge is 0.497 e. The van der Waals surface area contributed by atoms with E-state index in [4.69, 9.17) is 4.74 Å². The lowest BCUT2D eigenvalue weighted by Crippen LogP contribution is -2.21. The van der Waals surface area contributed by atoms with Crippen LogP contribution in [0.1, 0.15) is 17.7 Å². The smallest absolute Gasteiger partial charge is 0.307 e. The molecule has 0 spiro atoms. The van der Waals surface area contributed by atoms with Crippen molar-refractivity contribution in [3.8, 4) is 16.3 Å². The van der Waals surface area contributed by atoms with Crippen molar-refractivity contribution in [3.05, 3.63) is 71.2 Å². The average molecular weight is 395 g/mol. The van der Waals surface area contributed by atoms with E-state index in [0.29, 0.717) is 12.1 Å². The van der Waals surface area contributed by atoms with E-state index in [-0.39, 0.29) is 18.6 Å². The number of aromatic nitrogens is 1. The van der Waals surface area contributed by atoms with Gasteiger partial charge in [0, 0.05) is 23.8 Å². The van der Waals surface area contributed by atoms with Crippen LogP contribution in [0.2, 0.25) is 0 Å². The van der Waals surface area contributed by atoms with Crippen LogP contribution in [0.3, 0.4) is 0 Å². The Labute approximate surface area is 167 Å². The zero-order valence-corrected chi connectivity index (χ0v) is 16.3. The molecule has 2 aromatic carbocycles. The highest BCUT2D eigenvalue weighted by Gasteiger charge is 2.22. The van der Waals surface area contributed by atoms with Crippen LogP contribution in [0.4, 0.5) is 0 Å². The zero-order chi connectivity index (χ0) is 19.9. The summed E-state index contributed by atoms with van der Waals surface area (Å²) in [5.74, 6) is -1.02. The maximum Gasteiger partial charge on any atom is 0.307 e. The highest BCUT2D eigenvalue weighted by molar-refractivity contribution is 7.13. The van der Waals surface area contributed by atoms with Crippen LogP contribution in [-0.4, -0.2) is 29.0 Å². The Kier molecular flexibility index (Phi) is 6.55. The van der Waals surface area contributed by atoms with Gasteiger partial charge in [0.25, 0.3) is 0 Å². The lowest BCUT2D eigenvalue weighted by molar-refractivity contribution is -0.143. The lowest BCUT2D eigenvalue weighted by atomic mass is 9.93. The van der Waals surface area contributed by atoms with Gasteiger partial charge < -0.3 is 9.84 Å². The predicted molar refractivity (Wildman–Crippen MR) is 109 cm³/mol. The number of rotatable bonds is 9. The standard InChI is InChI=1S/C22H21NO4S/c1-27-20-9-7-16(8-10-20)21-23-18(14-28-21)13-19(24)12-17(22(25)26)11-15-5-3-2-4-6-15/h2-10,14,17H,11-13H2,1H3,(H,25,26)/t17-/m1/s1. The summed E-state index contributed by atoms with van der Waals surface area (Å²) in [6, 6.07) is 16.9. The molecule has 28 heavy (non-hydrogen) atoms. The van der Waals surface area contributed by atoms with E-state index >= 15 is 0 Å². The Morgan fingerprint density at radius 3 is 2.46 bits per heavy atom. The molecule has 0 unspecified atom stereocenters. The molecular formula is C22H21NO4S. The van der Waals surface area contributed by atoms with E-state index in [1.54, 1.807) is 7.11 Å². The minimum Gasteiger partial charge on any atom is -0.497 e. The van der Waals surface area contributed by atoms with Gasteiger partial charge in [-0.2, -0.15) is 0 Å². The number of hydrogen-bond acceptors (Lipinski definition) is 5. The van der Waals surface area contributed by atoms with Crippen LogP contribution in [0.15, 0.2) is 60.0 Å². The zero-order valence-electron chi connectivity index (χ0n) is 15.5. The van der Waals surface area contributed by atoms with Crippen molar-refractivity contribution in [2.24, 2.45) is 5.92 Å². The first kappa shape index (κ1) is 19.8. The van der Waals surface area contributed by atoms with E-state index in [0.717, 1.165) is 21.9 Å². The third kappa shape index (κ3) is 5.27. The van der Waals surface area contributed by atoms with Crippen molar-refractivity contribution in [1.29, 1.82) is 0 Å². The van der Waals surface area contributed by atoms with Gasteiger partial charge in [0.2, 0.25) is 0 Å². The molecule has 0 fully saturated rings. The summed E-state index contributed by atoms with van der Waals surface area (Å²) in [4.78, 5) is 28.5. The summed E-state index contributed by atoms with van der Waals surface area (Å²) in [5.41, 5.74) is 2.54. The van der Waals surface area contributed by atoms with Gasteiger partial charge in [0.05, 0.1) is 18.7 Å². The molecule has 0 amide bonds. The molecule has 1 N–H and O–H groups in total. The van der Waals surface area contributed by atoms with E-state index in [1.165, 1.54) is 11.3 Å². The number of thiazole rings is 1. The maximum absolute atomic E-state index is 12.4. The first-order chi connectivity index (χ1) is 13.5. The van der Waals surface area contributed by atoms with Crippen LogP contribution in [0.25, 0.3) is 10.6 Å². The summed E-state index contributed by atoms with van der Waals surface area (Å²) in [5, 5.41) is 12.1. The first-order valence-corrected chi connectivity index (χ1v) is 9.80. The van der Waals surface area contributed by atoms with Crippen molar-refractivity contribution in [2.75, 3.05) is 7.11 Å². The number of ether oxygens (including phenoxy) is 1. The molecule has 3 rings (SSSR count). The monoisotopic (exact) mass is 395 g/mol.